The van der Waals surface area contributed by atoms with Crippen molar-refractivity contribution in [2.45, 2.75) is 6.92 Å². The van der Waals surface area contributed by atoms with Gasteiger partial charge in [0.05, 0.1) is 10.7 Å². The molecule has 0 saturated carbocycles. The SMILES string of the molecule is Cc1nnc2c(Oc3ccc(NC(=O)c4nn(-c5ccc(F)c(Cl)c5)ccc4=O)cc3)nccn12. The summed E-state index contributed by atoms with van der Waals surface area (Å²) >= 11 is 5.82. The predicted octanol–water partition coefficient (Wildman–Crippen LogP) is 3.82. The minimum Gasteiger partial charge on any atom is -0.436 e. The van der Waals surface area contributed by atoms with E-state index in [1.54, 1.807) is 41.1 Å². The van der Waals surface area contributed by atoms with Gasteiger partial charge in [-0.25, -0.2) is 14.1 Å². The lowest BCUT2D eigenvalue weighted by molar-refractivity contribution is 0.101. The van der Waals surface area contributed by atoms with Crippen LogP contribution in [-0.4, -0.2) is 35.3 Å². The zero-order chi connectivity index (χ0) is 24.5. The summed E-state index contributed by atoms with van der Waals surface area (Å²) in [6, 6.07) is 11.6. The third-order valence-electron chi connectivity index (χ3n) is 4.98. The highest BCUT2D eigenvalue weighted by molar-refractivity contribution is 6.30. The molecule has 174 valence electrons. The fourth-order valence-corrected chi connectivity index (χ4v) is 3.41. The molecule has 3 aromatic heterocycles. The summed E-state index contributed by atoms with van der Waals surface area (Å²) in [5.74, 6) is 0.126. The van der Waals surface area contributed by atoms with E-state index in [-0.39, 0.29) is 16.6 Å². The summed E-state index contributed by atoms with van der Waals surface area (Å²) in [6.45, 7) is 1.81. The van der Waals surface area contributed by atoms with Crippen molar-refractivity contribution in [3.63, 3.8) is 0 Å². The molecule has 0 spiro atoms. The smallest absolute Gasteiger partial charge is 0.280 e. The number of halogens is 2. The quantitative estimate of drug-likeness (QED) is 0.397. The van der Waals surface area contributed by atoms with Gasteiger partial charge in [-0.2, -0.15) is 5.10 Å². The van der Waals surface area contributed by atoms with Crippen molar-refractivity contribution in [3.05, 3.63) is 99.7 Å². The first-order valence-electron chi connectivity index (χ1n) is 10.2. The van der Waals surface area contributed by atoms with Crippen LogP contribution in [0.15, 0.2) is 71.9 Å². The Balaban J connectivity index is 1.34. The van der Waals surface area contributed by atoms with Gasteiger partial charge >= 0.3 is 0 Å². The molecule has 5 aromatic rings. The van der Waals surface area contributed by atoms with Crippen LogP contribution in [0, 0.1) is 12.7 Å². The lowest BCUT2D eigenvalue weighted by Gasteiger charge is -2.09. The Morgan fingerprint density at radius 2 is 1.89 bits per heavy atom. The molecule has 0 atom stereocenters. The van der Waals surface area contributed by atoms with Gasteiger partial charge in [0.2, 0.25) is 11.1 Å². The number of fused-ring (bicyclic) bond motifs is 1. The highest BCUT2D eigenvalue weighted by atomic mass is 35.5. The number of rotatable bonds is 5. The van der Waals surface area contributed by atoms with Gasteiger partial charge < -0.3 is 10.1 Å². The van der Waals surface area contributed by atoms with E-state index in [0.717, 1.165) is 0 Å². The molecule has 3 heterocycles. The monoisotopic (exact) mass is 491 g/mol. The van der Waals surface area contributed by atoms with Crippen LogP contribution in [0.3, 0.4) is 0 Å². The zero-order valence-corrected chi connectivity index (χ0v) is 18.8. The number of carbonyl (C=O) groups is 1. The number of nitrogens with zero attached hydrogens (tertiary/aromatic N) is 6. The first-order valence-corrected chi connectivity index (χ1v) is 10.6. The number of amides is 1. The Bertz CT molecular complexity index is 1630. The molecular weight excluding hydrogens is 477 g/mol. The lowest BCUT2D eigenvalue weighted by Crippen LogP contribution is -2.25. The minimum absolute atomic E-state index is 0.109. The van der Waals surface area contributed by atoms with E-state index in [9.17, 15) is 14.0 Å². The number of nitrogens with one attached hydrogen (secondary N) is 1. The van der Waals surface area contributed by atoms with E-state index in [2.05, 4.69) is 25.6 Å². The van der Waals surface area contributed by atoms with E-state index in [4.69, 9.17) is 16.3 Å². The average molecular weight is 492 g/mol. The molecule has 0 aliphatic carbocycles. The van der Waals surface area contributed by atoms with E-state index < -0.39 is 17.2 Å². The highest BCUT2D eigenvalue weighted by Gasteiger charge is 2.15. The summed E-state index contributed by atoms with van der Waals surface area (Å²) in [4.78, 5) is 29.2. The fraction of sp³-hybridized carbons (Fsp3) is 0.0435. The summed E-state index contributed by atoms with van der Waals surface area (Å²) in [5.41, 5.74) is 0.351. The largest absolute Gasteiger partial charge is 0.436 e. The van der Waals surface area contributed by atoms with Gasteiger partial charge in [-0.15, -0.1) is 10.2 Å². The summed E-state index contributed by atoms with van der Waals surface area (Å²) in [6.07, 6.45) is 4.67. The van der Waals surface area contributed by atoms with Gasteiger partial charge in [0.1, 0.15) is 17.4 Å². The van der Waals surface area contributed by atoms with Crippen molar-refractivity contribution in [2.75, 3.05) is 5.32 Å². The van der Waals surface area contributed by atoms with Crippen molar-refractivity contribution in [3.8, 4) is 17.3 Å². The van der Waals surface area contributed by atoms with Crippen molar-refractivity contribution < 1.29 is 13.9 Å². The predicted molar refractivity (Wildman–Crippen MR) is 125 cm³/mol. The van der Waals surface area contributed by atoms with E-state index >= 15 is 0 Å². The van der Waals surface area contributed by atoms with Crippen LogP contribution in [0.2, 0.25) is 5.02 Å². The van der Waals surface area contributed by atoms with E-state index in [1.165, 1.54) is 35.1 Å². The summed E-state index contributed by atoms with van der Waals surface area (Å²) < 4.78 is 22.3. The third-order valence-corrected chi connectivity index (χ3v) is 5.27. The van der Waals surface area contributed by atoms with Gasteiger partial charge in [-0.05, 0) is 49.4 Å². The molecule has 0 aliphatic heterocycles. The molecule has 2 aromatic carbocycles. The number of hydrogen-bond acceptors (Lipinski definition) is 7. The zero-order valence-electron chi connectivity index (χ0n) is 18.0. The Kier molecular flexibility index (Phi) is 5.67. The second-order valence-electron chi connectivity index (χ2n) is 7.33. The normalized spacial score (nSPS) is 10.9. The summed E-state index contributed by atoms with van der Waals surface area (Å²) in [5, 5.41) is 14.6. The Morgan fingerprint density at radius 3 is 2.66 bits per heavy atom. The maximum absolute atomic E-state index is 13.5. The van der Waals surface area contributed by atoms with E-state index in [0.29, 0.717) is 28.6 Å². The molecular formula is C23H15ClFN7O3. The van der Waals surface area contributed by atoms with Crippen molar-refractivity contribution >= 4 is 28.8 Å². The molecule has 0 aliphatic rings. The molecule has 0 bridgehead atoms. The van der Waals surface area contributed by atoms with Gasteiger partial charge in [-0.1, -0.05) is 11.6 Å². The van der Waals surface area contributed by atoms with Crippen LogP contribution in [0.5, 0.6) is 11.6 Å². The van der Waals surface area contributed by atoms with Crippen LogP contribution < -0.4 is 15.5 Å². The first kappa shape index (κ1) is 22.2. The molecule has 1 N–H and O–H groups in total. The molecule has 1 amide bonds. The molecule has 0 fully saturated rings. The number of benzene rings is 2. The Morgan fingerprint density at radius 1 is 1.09 bits per heavy atom. The Hall–Kier alpha value is -4.64. The number of hydrogen-bond donors (Lipinski definition) is 1. The van der Waals surface area contributed by atoms with Crippen LogP contribution in [0.25, 0.3) is 11.3 Å². The van der Waals surface area contributed by atoms with Crippen LogP contribution in [0.4, 0.5) is 10.1 Å². The molecule has 5 rings (SSSR count). The number of aryl methyl sites for hydroxylation is 1. The molecule has 35 heavy (non-hydrogen) atoms. The molecule has 0 unspecified atom stereocenters. The standard InChI is InChI=1S/C23H15ClFN7O3/c1-13-28-29-21-23(26-9-11-31(13)21)35-16-5-2-14(3-6-16)27-22(34)20-19(33)8-10-32(30-20)15-4-7-18(25)17(24)12-15/h2-12H,1H3,(H,27,34). The fourth-order valence-electron chi connectivity index (χ4n) is 3.24. The number of anilines is 1. The highest BCUT2D eigenvalue weighted by Crippen LogP contribution is 2.24. The molecule has 0 saturated heterocycles. The van der Waals surface area contributed by atoms with E-state index in [1.807, 2.05) is 6.92 Å². The number of ether oxygens (including phenoxy) is 1. The number of carbonyl (C=O) groups excluding carboxylic acids is 1. The molecule has 12 heteroatoms. The van der Waals surface area contributed by atoms with Crippen LogP contribution >= 0.6 is 11.6 Å². The maximum Gasteiger partial charge on any atom is 0.280 e. The topological polar surface area (TPSA) is 116 Å². The van der Waals surface area contributed by atoms with Crippen LogP contribution in [-0.2, 0) is 0 Å². The third kappa shape index (κ3) is 4.44. The first-order chi connectivity index (χ1) is 16.9. The van der Waals surface area contributed by atoms with Gasteiger partial charge in [0.25, 0.3) is 11.8 Å². The van der Waals surface area contributed by atoms with Gasteiger partial charge in [0, 0.05) is 30.3 Å². The molecule has 0 radical (unpaired) electrons. The van der Waals surface area contributed by atoms with Gasteiger partial charge in [0.15, 0.2) is 5.69 Å². The van der Waals surface area contributed by atoms with Crippen molar-refractivity contribution in [1.82, 2.24) is 29.4 Å². The lowest BCUT2D eigenvalue weighted by atomic mass is 10.2. The minimum atomic E-state index is -0.711. The van der Waals surface area contributed by atoms with Crippen LogP contribution in [0.1, 0.15) is 16.3 Å². The average Bonchev–Trinajstić information content (AvgIpc) is 3.24. The van der Waals surface area contributed by atoms with Crippen molar-refractivity contribution in [1.29, 1.82) is 0 Å². The second-order valence-corrected chi connectivity index (χ2v) is 7.73. The second kappa shape index (κ2) is 8.95. The molecule has 10 nitrogen and oxygen atoms in total. The Labute approximate surface area is 201 Å². The maximum atomic E-state index is 13.5. The van der Waals surface area contributed by atoms with Crippen molar-refractivity contribution in [2.24, 2.45) is 0 Å². The number of aromatic nitrogens is 6. The summed E-state index contributed by atoms with van der Waals surface area (Å²) in [7, 11) is 0. The van der Waals surface area contributed by atoms with Gasteiger partial charge in [-0.3, -0.25) is 14.0 Å².